The zero-order valence-electron chi connectivity index (χ0n) is 5.89. The summed E-state index contributed by atoms with van der Waals surface area (Å²) in [5.74, 6) is 0.906. The maximum absolute atomic E-state index is 5.17. The second-order valence-corrected chi connectivity index (χ2v) is 2.26. The van der Waals surface area contributed by atoms with Gasteiger partial charge in [-0.15, -0.1) is 0 Å². The van der Waals surface area contributed by atoms with Crippen molar-refractivity contribution >= 4 is 0 Å². The first-order valence-electron chi connectivity index (χ1n) is 3.36. The minimum atomic E-state index is 0.812. The highest BCUT2D eigenvalue weighted by Crippen LogP contribution is 2.04. The quantitative estimate of drug-likeness (QED) is 0.518. The number of hydrogen-bond acceptors (Lipinski definition) is 2. The van der Waals surface area contributed by atoms with Crippen LogP contribution in [0.25, 0.3) is 0 Å². The Labute approximate surface area is 56.1 Å². The number of morpholine rings is 1. The summed E-state index contributed by atoms with van der Waals surface area (Å²) in [5.41, 5.74) is 0. The highest BCUT2D eigenvalue weighted by Gasteiger charge is 2.10. The smallest absolute Gasteiger partial charge is 0.103 e. The lowest BCUT2D eigenvalue weighted by molar-refractivity contribution is 0.0986. The molecule has 2 nitrogen and oxygen atoms in total. The molecule has 1 aliphatic rings. The van der Waals surface area contributed by atoms with Gasteiger partial charge in [0.2, 0.25) is 0 Å². The summed E-state index contributed by atoms with van der Waals surface area (Å²) in [4.78, 5) is 2.31. The van der Waals surface area contributed by atoms with Gasteiger partial charge in [-0.25, -0.2) is 0 Å². The van der Waals surface area contributed by atoms with Crippen LogP contribution in [0.5, 0.6) is 0 Å². The lowest BCUT2D eigenvalue weighted by atomic mass is 10.4. The molecule has 0 unspecified atom stereocenters. The fourth-order valence-electron chi connectivity index (χ4n) is 0.963. The van der Waals surface area contributed by atoms with Gasteiger partial charge in [-0.2, -0.15) is 0 Å². The molecular formula is C7H13NO. The van der Waals surface area contributed by atoms with Crippen molar-refractivity contribution in [3.8, 4) is 0 Å². The average molecular weight is 127 g/mol. The van der Waals surface area contributed by atoms with Crippen LogP contribution in [-0.4, -0.2) is 31.1 Å². The Morgan fingerprint density at radius 1 is 1.78 bits per heavy atom. The van der Waals surface area contributed by atoms with Crippen molar-refractivity contribution in [2.45, 2.75) is 6.92 Å². The second kappa shape index (κ2) is 2.87. The first-order valence-corrected chi connectivity index (χ1v) is 3.36. The molecule has 0 radical (unpaired) electrons. The maximum Gasteiger partial charge on any atom is 0.103 e. The molecule has 0 bridgehead atoms. The van der Waals surface area contributed by atoms with Crippen LogP contribution >= 0.6 is 0 Å². The van der Waals surface area contributed by atoms with Gasteiger partial charge in [0.15, 0.2) is 0 Å². The minimum absolute atomic E-state index is 0.812. The van der Waals surface area contributed by atoms with E-state index in [1.54, 1.807) is 0 Å². The Morgan fingerprint density at radius 3 is 3.00 bits per heavy atom. The van der Waals surface area contributed by atoms with E-state index in [1.807, 2.05) is 0 Å². The second-order valence-electron chi connectivity index (χ2n) is 2.26. The monoisotopic (exact) mass is 127 g/mol. The maximum atomic E-state index is 5.17. The molecule has 0 spiro atoms. The fraction of sp³-hybridized carbons (Fsp3) is 0.714. The molecule has 1 fully saturated rings. The Morgan fingerprint density at radius 2 is 2.56 bits per heavy atom. The van der Waals surface area contributed by atoms with Gasteiger partial charge in [-0.1, -0.05) is 13.5 Å². The third-order valence-electron chi connectivity index (χ3n) is 1.56. The van der Waals surface area contributed by atoms with Crippen molar-refractivity contribution in [3.63, 3.8) is 0 Å². The predicted octanol–water partition coefficient (Wildman–Crippen LogP) is 0.852. The molecule has 0 aromatic heterocycles. The molecular weight excluding hydrogens is 114 g/mol. The molecule has 0 aromatic carbocycles. The summed E-state index contributed by atoms with van der Waals surface area (Å²) in [5, 5.41) is 0. The lowest BCUT2D eigenvalue weighted by Crippen LogP contribution is -2.34. The van der Waals surface area contributed by atoms with E-state index in [0.717, 1.165) is 32.0 Å². The molecule has 1 rings (SSSR count). The van der Waals surface area contributed by atoms with E-state index in [0.29, 0.717) is 0 Å². The average Bonchev–Trinajstić information content (AvgIpc) is 1.88. The van der Waals surface area contributed by atoms with Crippen molar-refractivity contribution in [1.29, 1.82) is 0 Å². The van der Waals surface area contributed by atoms with Crippen molar-refractivity contribution in [1.82, 2.24) is 4.90 Å². The summed E-state index contributed by atoms with van der Waals surface area (Å²) in [6.45, 7) is 9.78. The van der Waals surface area contributed by atoms with Gasteiger partial charge in [0.1, 0.15) is 12.4 Å². The molecule has 0 N–H and O–H groups in total. The molecule has 0 amide bonds. The number of rotatable bonds is 1. The highest BCUT2D eigenvalue weighted by atomic mass is 16.5. The zero-order chi connectivity index (χ0) is 6.69. The Balaban J connectivity index is 2.32. The van der Waals surface area contributed by atoms with Crippen molar-refractivity contribution < 1.29 is 4.74 Å². The van der Waals surface area contributed by atoms with Gasteiger partial charge in [0, 0.05) is 6.54 Å². The van der Waals surface area contributed by atoms with Gasteiger partial charge in [-0.3, -0.25) is 4.90 Å². The van der Waals surface area contributed by atoms with Crippen LogP contribution in [0.3, 0.4) is 0 Å². The lowest BCUT2D eigenvalue weighted by Gasteiger charge is -2.26. The van der Waals surface area contributed by atoms with Gasteiger partial charge < -0.3 is 4.74 Å². The van der Waals surface area contributed by atoms with Crippen LogP contribution in [0.2, 0.25) is 0 Å². The van der Waals surface area contributed by atoms with Crippen LogP contribution < -0.4 is 0 Å². The molecule has 0 atom stereocenters. The van der Waals surface area contributed by atoms with Gasteiger partial charge >= 0.3 is 0 Å². The number of ether oxygens (including phenoxy) is 1. The van der Waals surface area contributed by atoms with E-state index < -0.39 is 0 Å². The van der Waals surface area contributed by atoms with Crippen molar-refractivity contribution in [2.75, 3.05) is 26.2 Å². The van der Waals surface area contributed by atoms with Gasteiger partial charge in [0.25, 0.3) is 0 Å². The molecule has 2 heteroatoms. The van der Waals surface area contributed by atoms with Crippen LogP contribution in [0.4, 0.5) is 0 Å². The zero-order valence-corrected chi connectivity index (χ0v) is 5.89. The Hall–Kier alpha value is -0.500. The van der Waals surface area contributed by atoms with E-state index in [-0.39, 0.29) is 0 Å². The SMILES string of the molecule is C=C1CN(CC)CCO1. The van der Waals surface area contributed by atoms with Crippen LogP contribution in [-0.2, 0) is 4.74 Å². The fourth-order valence-corrected chi connectivity index (χ4v) is 0.963. The first kappa shape index (κ1) is 6.62. The van der Waals surface area contributed by atoms with E-state index in [4.69, 9.17) is 4.74 Å². The van der Waals surface area contributed by atoms with Crippen molar-refractivity contribution in [3.05, 3.63) is 12.3 Å². The van der Waals surface area contributed by atoms with E-state index in [9.17, 15) is 0 Å². The van der Waals surface area contributed by atoms with Crippen molar-refractivity contribution in [2.24, 2.45) is 0 Å². The molecule has 0 saturated carbocycles. The van der Waals surface area contributed by atoms with Crippen LogP contribution in [0, 0.1) is 0 Å². The third kappa shape index (κ3) is 1.72. The largest absolute Gasteiger partial charge is 0.496 e. The molecule has 52 valence electrons. The summed E-state index contributed by atoms with van der Waals surface area (Å²) < 4.78 is 5.17. The Kier molecular flexibility index (Phi) is 2.11. The summed E-state index contributed by atoms with van der Waals surface area (Å²) in [7, 11) is 0. The highest BCUT2D eigenvalue weighted by molar-refractivity contribution is 4.89. The molecule has 9 heavy (non-hydrogen) atoms. The van der Waals surface area contributed by atoms with E-state index in [1.165, 1.54) is 0 Å². The third-order valence-corrected chi connectivity index (χ3v) is 1.56. The topological polar surface area (TPSA) is 12.5 Å². The molecule has 1 aliphatic heterocycles. The van der Waals surface area contributed by atoms with E-state index in [2.05, 4.69) is 18.4 Å². The Bertz CT molecular complexity index is 111. The molecule has 1 heterocycles. The number of nitrogens with zero attached hydrogens (tertiary/aromatic N) is 1. The minimum Gasteiger partial charge on any atom is -0.496 e. The summed E-state index contributed by atoms with van der Waals surface area (Å²) in [6.07, 6.45) is 0. The first-order chi connectivity index (χ1) is 4.33. The number of hydrogen-bond donors (Lipinski definition) is 0. The van der Waals surface area contributed by atoms with Gasteiger partial charge in [-0.05, 0) is 6.54 Å². The molecule has 0 aliphatic carbocycles. The van der Waals surface area contributed by atoms with Crippen LogP contribution in [0.1, 0.15) is 6.92 Å². The van der Waals surface area contributed by atoms with Crippen LogP contribution in [0.15, 0.2) is 12.3 Å². The summed E-state index contributed by atoms with van der Waals surface area (Å²) in [6, 6.07) is 0. The summed E-state index contributed by atoms with van der Waals surface area (Å²) >= 11 is 0. The number of likely N-dealkylation sites (N-methyl/N-ethyl adjacent to an activating group) is 1. The van der Waals surface area contributed by atoms with Gasteiger partial charge in [0.05, 0.1) is 6.54 Å². The predicted molar refractivity (Wildman–Crippen MR) is 37.2 cm³/mol. The van der Waals surface area contributed by atoms with E-state index >= 15 is 0 Å². The molecule has 0 aromatic rings. The standard InChI is InChI=1S/C7H13NO/c1-3-8-4-5-9-7(2)6-8/h2-6H2,1H3. The molecule has 1 saturated heterocycles. The normalized spacial score (nSPS) is 21.7.